The van der Waals surface area contributed by atoms with Crippen LogP contribution in [0.25, 0.3) is 0 Å². The molecule has 1 heterocycles. The van der Waals surface area contributed by atoms with Crippen molar-refractivity contribution < 1.29 is 4.39 Å². The van der Waals surface area contributed by atoms with E-state index in [0.29, 0.717) is 10.7 Å². The highest BCUT2D eigenvalue weighted by molar-refractivity contribution is 7.10. The van der Waals surface area contributed by atoms with Gasteiger partial charge in [-0.25, -0.2) is 4.39 Å². The standard InChI is InChI=1S/C12H11ClFNS/c1-8(12-3-2-6-16-12)15-11-5-4-9(13)7-10(11)14/h2-8,15H,1H3. The molecule has 0 fully saturated rings. The molecule has 1 unspecified atom stereocenters. The minimum Gasteiger partial charge on any atom is -0.375 e. The highest BCUT2D eigenvalue weighted by atomic mass is 35.5. The molecule has 16 heavy (non-hydrogen) atoms. The summed E-state index contributed by atoms with van der Waals surface area (Å²) in [6, 6.07) is 8.74. The molecule has 0 aliphatic heterocycles. The Hall–Kier alpha value is -1.06. The fraction of sp³-hybridized carbons (Fsp3) is 0.167. The molecule has 0 bridgehead atoms. The molecule has 1 N–H and O–H groups in total. The van der Waals surface area contributed by atoms with Crippen LogP contribution in [-0.2, 0) is 0 Å². The van der Waals surface area contributed by atoms with E-state index in [-0.39, 0.29) is 11.9 Å². The van der Waals surface area contributed by atoms with E-state index >= 15 is 0 Å². The number of thiophene rings is 1. The fourth-order valence-electron chi connectivity index (χ4n) is 1.45. The molecule has 0 saturated heterocycles. The van der Waals surface area contributed by atoms with Crippen LogP contribution in [0.2, 0.25) is 5.02 Å². The molecule has 0 aliphatic carbocycles. The van der Waals surface area contributed by atoms with Crippen molar-refractivity contribution in [1.82, 2.24) is 0 Å². The number of hydrogen-bond donors (Lipinski definition) is 1. The maximum Gasteiger partial charge on any atom is 0.147 e. The second-order valence-electron chi connectivity index (χ2n) is 3.51. The molecule has 0 saturated carbocycles. The first kappa shape index (κ1) is 11.4. The first-order chi connectivity index (χ1) is 7.66. The molecule has 2 aromatic rings. The number of halogens is 2. The van der Waals surface area contributed by atoms with E-state index in [1.54, 1.807) is 23.5 Å². The van der Waals surface area contributed by atoms with E-state index in [9.17, 15) is 4.39 Å². The smallest absolute Gasteiger partial charge is 0.147 e. The normalized spacial score (nSPS) is 12.4. The molecule has 0 amide bonds. The molecule has 0 aliphatic rings. The average molecular weight is 256 g/mol. The predicted octanol–water partition coefficient (Wildman–Crippen LogP) is 4.71. The highest BCUT2D eigenvalue weighted by Crippen LogP contribution is 2.26. The van der Waals surface area contributed by atoms with E-state index < -0.39 is 0 Å². The van der Waals surface area contributed by atoms with Crippen LogP contribution in [0.3, 0.4) is 0 Å². The zero-order chi connectivity index (χ0) is 11.5. The molecule has 4 heteroatoms. The van der Waals surface area contributed by atoms with Crippen molar-refractivity contribution in [3.05, 3.63) is 51.4 Å². The lowest BCUT2D eigenvalue weighted by atomic mass is 10.2. The van der Waals surface area contributed by atoms with Gasteiger partial charge >= 0.3 is 0 Å². The Morgan fingerprint density at radius 1 is 1.38 bits per heavy atom. The summed E-state index contributed by atoms with van der Waals surface area (Å²) >= 11 is 7.34. The molecular weight excluding hydrogens is 245 g/mol. The topological polar surface area (TPSA) is 12.0 Å². The summed E-state index contributed by atoms with van der Waals surface area (Å²) < 4.78 is 13.5. The Bertz CT molecular complexity index is 470. The maximum atomic E-state index is 13.5. The van der Waals surface area contributed by atoms with Crippen LogP contribution >= 0.6 is 22.9 Å². The summed E-state index contributed by atoms with van der Waals surface area (Å²) in [7, 11) is 0. The Kier molecular flexibility index (Phi) is 3.46. The Morgan fingerprint density at radius 2 is 2.19 bits per heavy atom. The van der Waals surface area contributed by atoms with Gasteiger partial charge in [0.15, 0.2) is 0 Å². The molecule has 2 rings (SSSR count). The zero-order valence-corrected chi connectivity index (χ0v) is 10.3. The monoisotopic (exact) mass is 255 g/mol. The third-order valence-electron chi connectivity index (χ3n) is 2.27. The molecule has 0 spiro atoms. The SMILES string of the molecule is CC(Nc1ccc(Cl)cc1F)c1cccs1. The fourth-order valence-corrected chi connectivity index (χ4v) is 2.34. The van der Waals surface area contributed by atoms with Crippen LogP contribution in [0.15, 0.2) is 35.7 Å². The van der Waals surface area contributed by atoms with Crippen LogP contribution in [0.1, 0.15) is 17.8 Å². The molecule has 1 nitrogen and oxygen atoms in total. The number of benzene rings is 1. The van der Waals surface area contributed by atoms with Gasteiger partial charge in [0.25, 0.3) is 0 Å². The van der Waals surface area contributed by atoms with Crippen molar-refractivity contribution in [2.24, 2.45) is 0 Å². The van der Waals surface area contributed by atoms with Crippen molar-refractivity contribution in [2.75, 3.05) is 5.32 Å². The van der Waals surface area contributed by atoms with Crippen LogP contribution in [0, 0.1) is 5.82 Å². The quantitative estimate of drug-likeness (QED) is 0.837. The van der Waals surface area contributed by atoms with Gasteiger partial charge in [-0.05, 0) is 36.6 Å². The third-order valence-corrected chi connectivity index (χ3v) is 3.56. The Morgan fingerprint density at radius 3 is 2.81 bits per heavy atom. The molecule has 1 aromatic heterocycles. The summed E-state index contributed by atoms with van der Waals surface area (Å²) in [5.74, 6) is -0.323. The average Bonchev–Trinajstić information content (AvgIpc) is 2.75. The van der Waals surface area contributed by atoms with Gasteiger partial charge in [0.1, 0.15) is 5.82 Å². The van der Waals surface area contributed by atoms with Gasteiger partial charge in [-0.2, -0.15) is 0 Å². The molecule has 1 atom stereocenters. The summed E-state index contributed by atoms with van der Waals surface area (Å²) in [6.07, 6.45) is 0. The minimum absolute atomic E-state index is 0.0932. The number of hydrogen-bond acceptors (Lipinski definition) is 2. The van der Waals surface area contributed by atoms with Gasteiger partial charge in [0, 0.05) is 9.90 Å². The van der Waals surface area contributed by atoms with Gasteiger partial charge in [-0.1, -0.05) is 17.7 Å². The lowest BCUT2D eigenvalue weighted by Gasteiger charge is -2.14. The lowest BCUT2D eigenvalue weighted by Crippen LogP contribution is -2.06. The minimum atomic E-state index is -0.323. The summed E-state index contributed by atoms with van der Waals surface area (Å²) in [4.78, 5) is 1.18. The molecular formula is C12H11ClFNS. The Balaban J connectivity index is 2.15. The summed E-state index contributed by atoms with van der Waals surface area (Å²) in [5, 5.41) is 5.53. The van der Waals surface area contributed by atoms with Crippen molar-refractivity contribution in [3.63, 3.8) is 0 Å². The van der Waals surface area contributed by atoms with Crippen molar-refractivity contribution in [3.8, 4) is 0 Å². The molecule has 0 radical (unpaired) electrons. The number of anilines is 1. The van der Waals surface area contributed by atoms with Gasteiger partial charge < -0.3 is 5.32 Å². The lowest BCUT2D eigenvalue weighted by molar-refractivity contribution is 0.628. The van der Waals surface area contributed by atoms with Crippen LogP contribution in [0.4, 0.5) is 10.1 Å². The van der Waals surface area contributed by atoms with E-state index in [4.69, 9.17) is 11.6 Å². The van der Waals surface area contributed by atoms with Crippen molar-refractivity contribution in [1.29, 1.82) is 0 Å². The van der Waals surface area contributed by atoms with E-state index in [2.05, 4.69) is 5.32 Å². The molecule has 84 valence electrons. The van der Waals surface area contributed by atoms with Gasteiger partial charge in [0.2, 0.25) is 0 Å². The van der Waals surface area contributed by atoms with Crippen molar-refractivity contribution in [2.45, 2.75) is 13.0 Å². The maximum absolute atomic E-state index is 13.5. The first-order valence-electron chi connectivity index (χ1n) is 4.92. The predicted molar refractivity (Wildman–Crippen MR) is 67.8 cm³/mol. The van der Waals surface area contributed by atoms with E-state index in [1.807, 2.05) is 24.4 Å². The second kappa shape index (κ2) is 4.85. The second-order valence-corrected chi connectivity index (χ2v) is 4.92. The largest absolute Gasteiger partial charge is 0.375 e. The van der Waals surface area contributed by atoms with Crippen molar-refractivity contribution >= 4 is 28.6 Å². The summed E-state index contributed by atoms with van der Waals surface area (Å²) in [6.45, 7) is 2.00. The van der Waals surface area contributed by atoms with Gasteiger partial charge in [-0.15, -0.1) is 11.3 Å². The van der Waals surface area contributed by atoms with Gasteiger partial charge in [-0.3, -0.25) is 0 Å². The van der Waals surface area contributed by atoms with Crippen LogP contribution < -0.4 is 5.32 Å². The first-order valence-corrected chi connectivity index (χ1v) is 6.17. The zero-order valence-electron chi connectivity index (χ0n) is 8.71. The summed E-state index contributed by atoms with van der Waals surface area (Å²) in [5.41, 5.74) is 0.477. The molecule has 1 aromatic carbocycles. The van der Waals surface area contributed by atoms with E-state index in [0.717, 1.165) is 0 Å². The third kappa shape index (κ3) is 2.54. The highest BCUT2D eigenvalue weighted by Gasteiger charge is 2.09. The van der Waals surface area contributed by atoms with Crippen LogP contribution in [0.5, 0.6) is 0 Å². The number of nitrogens with one attached hydrogen (secondary N) is 1. The Labute approximate surface area is 103 Å². The van der Waals surface area contributed by atoms with Gasteiger partial charge in [0.05, 0.1) is 11.7 Å². The number of rotatable bonds is 3. The van der Waals surface area contributed by atoms with E-state index in [1.165, 1.54) is 10.9 Å². The van der Waals surface area contributed by atoms with Crippen LogP contribution in [-0.4, -0.2) is 0 Å².